The molecule has 0 radical (unpaired) electrons. The van der Waals surface area contributed by atoms with Gasteiger partial charge < -0.3 is 14.7 Å². The van der Waals surface area contributed by atoms with E-state index in [1.54, 1.807) is 23.6 Å². The zero-order valence-electron chi connectivity index (χ0n) is 12.1. The topological polar surface area (TPSA) is 83.9 Å². The summed E-state index contributed by atoms with van der Waals surface area (Å²) >= 11 is 1.62. The standard InChI is InChI=1S/C14H21NO5S/c1-2-20-14(19)11-8-21-7-6-15(11)12(16)9-4-3-5-10(9)13(17)18/h9-11H,2-8H2,1H3,(H,17,18)/t9-,10+,11?/m1/s1. The summed E-state index contributed by atoms with van der Waals surface area (Å²) in [7, 11) is 0. The van der Waals surface area contributed by atoms with Crippen molar-refractivity contribution in [3.8, 4) is 0 Å². The third kappa shape index (κ3) is 3.51. The smallest absolute Gasteiger partial charge is 0.329 e. The second kappa shape index (κ2) is 7.15. The molecule has 1 saturated carbocycles. The molecule has 1 aliphatic heterocycles. The largest absolute Gasteiger partial charge is 0.481 e. The molecule has 7 heteroatoms. The third-order valence-electron chi connectivity index (χ3n) is 4.12. The Labute approximate surface area is 128 Å². The monoisotopic (exact) mass is 315 g/mol. The number of carboxylic acid groups (broad SMARTS) is 1. The Morgan fingerprint density at radius 1 is 1.29 bits per heavy atom. The minimum atomic E-state index is -0.912. The van der Waals surface area contributed by atoms with Crippen molar-refractivity contribution in [3.05, 3.63) is 0 Å². The number of carbonyl (C=O) groups is 3. The molecule has 118 valence electrons. The SMILES string of the molecule is CCOC(=O)C1CSCCN1C(=O)[C@@H]1CCC[C@@H]1C(=O)O. The average Bonchev–Trinajstić information content (AvgIpc) is 2.96. The van der Waals surface area contributed by atoms with Gasteiger partial charge in [-0.25, -0.2) is 4.79 Å². The van der Waals surface area contributed by atoms with Crippen LogP contribution in [-0.2, 0) is 19.1 Å². The maximum Gasteiger partial charge on any atom is 0.329 e. The number of hydrogen-bond donors (Lipinski definition) is 1. The van der Waals surface area contributed by atoms with E-state index >= 15 is 0 Å². The highest BCUT2D eigenvalue weighted by Crippen LogP contribution is 2.34. The van der Waals surface area contributed by atoms with E-state index in [9.17, 15) is 19.5 Å². The fourth-order valence-electron chi connectivity index (χ4n) is 3.07. The summed E-state index contributed by atoms with van der Waals surface area (Å²) in [5, 5.41) is 9.22. The number of thioether (sulfide) groups is 1. The molecule has 21 heavy (non-hydrogen) atoms. The fourth-order valence-corrected chi connectivity index (χ4v) is 4.10. The highest BCUT2D eigenvalue weighted by molar-refractivity contribution is 7.99. The van der Waals surface area contributed by atoms with E-state index in [2.05, 4.69) is 0 Å². The summed E-state index contributed by atoms with van der Waals surface area (Å²) in [5.74, 6) is -1.32. The lowest BCUT2D eigenvalue weighted by atomic mass is 9.94. The molecule has 0 spiro atoms. The molecule has 2 aliphatic rings. The number of carboxylic acids is 1. The number of amides is 1. The van der Waals surface area contributed by atoms with E-state index in [0.717, 1.165) is 12.2 Å². The number of carbonyl (C=O) groups excluding carboxylic acids is 2. The predicted molar refractivity (Wildman–Crippen MR) is 77.9 cm³/mol. The normalized spacial score (nSPS) is 29.2. The van der Waals surface area contributed by atoms with Crippen LogP contribution in [0.5, 0.6) is 0 Å². The van der Waals surface area contributed by atoms with Crippen molar-refractivity contribution in [1.82, 2.24) is 4.90 Å². The molecule has 0 bridgehead atoms. The molecule has 0 aromatic heterocycles. The number of ether oxygens (including phenoxy) is 1. The first-order chi connectivity index (χ1) is 10.1. The molecule has 2 rings (SSSR count). The van der Waals surface area contributed by atoms with Gasteiger partial charge in [0.25, 0.3) is 0 Å². The maximum atomic E-state index is 12.7. The Morgan fingerprint density at radius 2 is 2.00 bits per heavy atom. The molecule has 6 nitrogen and oxygen atoms in total. The van der Waals surface area contributed by atoms with Gasteiger partial charge in [0.15, 0.2) is 0 Å². The fraction of sp³-hybridized carbons (Fsp3) is 0.786. The van der Waals surface area contributed by atoms with Crippen LogP contribution in [0.3, 0.4) is 0 Å². The highest BCUT2D eigenvalue weighted by Gasteiger charge is 2.43. The third-order valence-corrected chi connectivity index (χ3v) is 5.14. The minimum absolute atomic E-state index is 0.196. The molecule has 1 unspecified atom stereocenters. The lowest BCUT2D eigenvalue weighted by Gasteiger charge is -2.36. The number of hydrogen-bond acceptors (Lipinski definition) is 5. The minimum Gasteiger partial charge on any atom is -0.481 e. The first-order valence-electron chi connectivity index (χ1n) is 7.34. The summed E-state index contributed by atoms with van der Waals surface area (Å²) in [4.78, 5) is 37.5. The zero-order chi connectivity index (χ0) is 15.4. The Kier molecular flexibility index (Phi) is 5.50. The van der Waals surface area contributed by atoms with Gasteiger partial charge in [-0.15, -0.1) is 0 Å². The van der Waals surface area contributed by atoms with Crippen molar-refractivity contribution in [2.45, 2.75) is 32.2 Å². The summed E-state index contributed by atoms with van der Waals surface area (Å²) in [6.45, 7) is 2.50. The molecule has 1 amide bonds. The second-order valence-electron chi connectivity index (χ2n) is 5.36. The van der Waals surface area contributed by atoms with Crippen LogP contribution in [0, 0.1) is 11.8 Å². The molecule has 1 heterocycles. The molecule has 0 aromatic carbocycles. The van der Waals surface area contributed by atoms with Crippen LogP contribution in [-0.4, -0.2) is 58.6 Å². The highest BCUT2D eigenvalue weighted by atomic mass is 32.2. The molecule has 3 atom stereocenters. The molecule has 1 aliphatic carbocycles. The molecular formula is C14H21NO5S. The van der Waals surface area contributed by atoms with Crippen LogP contribution >= 0.6 is 11.8 Å². The number of nitrogens with zero attached hydrogens (tertiary/aromatic N) is 1. The first kappa shape index (κ1) is 16.1. The molecule has 1 saturated heterocycles. The van der Waals surface area contributed by atoms with Crippen molar-refractivity contribution in [2.24, 2.45) is 11.8 Å². The molecule has 2 fully saturated rings. The average molecular weight is 315 g/mol. The van der Waals surface area contributed by atoms with Gasteiger partial charge in [0.05, 0.1) is 18.4 Å². The van der Waals surface area contributed by atoms with Crippen LogP contribution < -0.4 is 0 Å². The Hall–Kier alpha value is -1.24. The molecular weight excluding hydrogens is 294 g/mol. The van der Waals surface area contributed by atoms with Gasteiger partial charge >= 0.3 is 11.9 Å². The van der Waals surface area contributed by atoms with Gasteiger partial charge in [-0.2, -0.15) is 11.8 Å². The van der Waals surface area contributed by atoms with E-state index in [1.165, 1.54) is 0 Å². The summed E-state index contributed by atoms with van der Waals surface area (Å²) in [5.41, 5.74) is 0. The van der Waals surface area contributed by atoms with Crippen LogP contribution in [0.25, 0.3) is 0 Å². The second-order valence-corrected chi connectivity index (χ2v) is 6.51. The van der Waals surface area contributed by atoms with E-state index in [1.807, 2.05) is 0 Å². The van der Waals surface area contributed by atoms with Gasteiger partial charge in [-0.1, -0.05) is 6.42 Å². The van der Waals surface area contributed by atoms with Gasteiger partial charge in [0.2, 0.25) is 5.91 Å². The van der Waals surface area contributed by atoms with Crippen molar-refractivity contribution >= 4 is 29.6 Å². The van der Waals surface area contributed by atoms with Gasteiger partial charge in [0.1, 0.15) is 6.04 Å². The zero-order valence-corrected chi connectivity index (χ0v) is 12.9. The molecule has 0 aromatic rings. The van der Waals surface area contributed by atoms with Crippen molar-refractivity contribution in [1.29, 1.82) is 0 Å². The van der Waals surface area contributed by atoms with Crippen LogP contribution in [0.15, 0.2) is 0 Å². The van der Waals surface area contributed by atoms with E-state index in [4.69, 9.17) is 4.74 Å². The first-order valence-corrected chi connectivity index (χ1v) is 8.49. The van der Waals surface area contributed by atoms with E-state index < -0.39 is 23.8 Å². The summed E-state index contributed by atoms with van der Waals surface area (Å²) < 4.78 is 5.04. The van der Waals surface area contributed by atoms with Gasteiger partial charge in [-0.3, -0.25) is 9.59 Å². The van der Waals surface area contributed by atoms with Crippen molar-refractivity contribution in [3.63, 3.8) is 0 Å². The lowest BCUT2D eigenvalue weighted by molar-refractivity contribution is -0.157. The van der Waals surface area contributed by atoms with Crippen molar-refractivity contribution < 1.29 is 24.2 Å². The summed E-state index contributed by atoms with van der Waals surface area (Å²) in [6, 6.07) is -0.578. The number of rotatable bonds is 4. The Morgan fingerprint density at radius 3 is 2.67 bits per heavy atom. The predicted octanol–water partition coefficient (Wildman–Crippen LogP) is 0.994. The van der Waals surface area contributed by atoms with Gasteiger partial charge in [0, 0.05) is 18.1 Å². The van der Waals surface area contributed by atoms with E-state index in [-0.39, 0.29) is 18.5 Å². The van der Waals surface area contributed by atoms with Crippen LogP contribution in [0.4, 0.5) is 0 Å². The van der Waals surface area contributed by atoms with E-state index in [0.29, 0.717) is 25.1 Å². The maximum absolute atomic E-state index is 12.7. The van der Waals surface area contributed by atoms with Crippen molar-refractivity contribution in [2.75, 3.05) is 24.7 Å². The Bertz CT molecular complexity index is 428. The summed E-state index contributed by atoms with van der Waals surface area (Å²) in [6.07, 6.45) is 1.88. The van der Waals surface area contributed by atoms with Gasteiger partial charge in [-0.05, 0) is 19.8 Å². The number of aliphatic carboxylic acids is 1. The number of esters is 1. The lowest BCUT2D eigenvalue weighted by Crippen LogP contribution is -2.53. The van der Waals surface area contributed by atoms with Crippen LogP contribution in [0.1, 0.15) is 26.2 Å². The Balaban J connectivity index is 2.11. The van der Waals surface area contributed by atoms with Crippen LogP contribution in [0.2, 0.25) is 0 Å². The molecule has 1 N–H and O–H groups in total. The quantitative estimate of drug-likeness (QED) is 0.779.